The third kappa shape index (κ3) is 4.82. The van der Waals surface area contributed by atoms with Gasteiger partial charge in [-0.1, -0.05) is 24.3 Å². The van der Waals surface area contributed by atoms with Crippen LogP contribution in [0.5, 0.6) is 0 Å². The highest BCUT2D eigenvalue weighted by molar-refractivity contribution is 14.0. The summed E-state index contributed by atoms with van der Waals surface area (Å²) in [5.41, 5.74) is 3.16. The van der Waals surface area contributed by atoms with Crippen LogP contribution in [-0.2, 0) is 15.9 Å². The topological polar surface area (TPSA) is 46.1 Å². The van der Waals surface area contributed by atoms with Crippen LogP contribution in [0.1, 0.15) is 36.3 Å². The molecule has 0 spiro atoms. The van der Waals surface area contributed by atoms with Crippen LogP contribution < -0.4 is 5.32 Å². The van der Waals surface area contributed by atoms with Crippen LogP contribution in [0, 0.1) is 11.8 Å². The third-order valence-corrected chi connectivity index (χ3v) is 6.50. The molecule has 1 heterocycles. The number of halogens is 1. The summed E-state index contributed by atoms with van der Waals surface area (Å²) in [5, 5.41) is 3.65. The second-order valence-corrected chi connectivity index (χ2v) is 8.09. The highest BCUT2D eigenvalue weighted by Gasteiger charge is 2.55. The third-order valence-electron chi connectivity index (χ3n) is 6.50. The van der Waals surface area contributed by atoms with Crippen molar-refractivity contribution in [1.29, 1.82) is 0 Å². The Kier molecular flexibility index (Phi) is 8.00. The van der Waals surface area contributed by atoms with Crippen LogP contribution in [0.25, 0.3) is 0 Å². The SMILES string of the molecule is CN=C(NCC1C2Cc3ccccc3C12)N1CCC(OCCCOC)CC1.I. The smallest absolute Gasteiger partial charge is 0.193 e. The summed E-state index contributed by atoms with van der Waals surface area (Å²) >= 11 is 0. The maximum absolute atomic E-state index is 5.97. The van der Waals surface area contributed by atoms with Gasteiger partial charge in [-0.05, 0) is 54.6 Å². The van der Waals surface area contributed by atoms with Gasteiger partial charge in [-0.3, -0.25) is 4.99 Å². The van der Waals surface area contributed by atoms with Crippen LogP contribution in [0.15, 0.2) is 29.3 Å². The molecule has 4 rings (SSSR count). The zero-order valence-electron chi connectivity index (χ0n) is 17.1. The molecule has 3 atom stereocenters. The molecule has 28 heavy (non-hydrogen) atoms. The van der Waals surface area contributed by atoms with Gasteiger partial charge < -0.3 is 19.7 Å². The summed E-state index contributed by atoms with van der Waals surface area (Å²) in [6.45, 7) is 4.67. The molecule has 156 valence electrons. The lowest BCUT2D eigenvalue weighted by molar-refractivity contribution is 0.00990. The van der Waals surface area contributed by atoms with Gasteiger partial charge >= 0.3 is 0 Å². The molecule has 1 aliphatic heterocycles. The fraction of sp³-hybridized carbons (Fsp3) is 0.682. The minimum atomic E-state index is 0. The number of fused-ring (bicyclic) bond motifs is 3. The molecule has 0 amide bonds. The maximum atomic E-state index is 5.97. The molecule has 1 aromatic rings. The van der Waals surface area contributed by atoms with Crippen molar-refractivity contribution in [3.8, 4) is 0 Å². The lowest BCUT2D eigenvalue weighted by Gasteiger charge is -2.34. The number of rotatable bonds is 7. The Hall–Kier alpha value is -0.860. The van der Waals surface area contributed by atoms with Gasteiger partial charge in [0.15, 0.2) is 5.96 Å². The molecule has 0 bridgehead atoms. The molecule has 2 fully saturated rings. The van der Waals surface area contributed by atoms with Crippen LogP contribution in [0.4, 0.5) is 0 Å². The Morgan fingerprint density at radius 3 is 2.75 bits per heavy atom. The molecule has 3 aliphatic rings. The van der Waals surface area contributed by atoms with Gasteiger partial charge in [-0.25, -0.2) is 0 Å². The molecule has 1 saturated carbocycles. The number of guanidine groups is 1. The van der Waals surface area contributed by atoms with Crippen LogP contribution in [0.2, 0.25) is 0 Å². The number of benzene rings is 1. The van der Waals surface area contributed by atoms with E-state index in [1.54, 1.807) is 18.2 Å². The molecule has 0 radical (unpaired) electrons. The van der Waals surface area contributed by atoms with Crippen molar-refractivity contribution in [1.82, 2.24) is 10.2 Å². The number of likely N-dealkylation sites (tertiary alicyclic amines) is 1. The molecule has 3 unspecified atom stereocenters. The monoisotopic (exact) mass is 499 g/mol. The van der Waals surface area contributed by atoms with E-state index >= 15 is 0 Å². The lowest BCUT2D eigenvalue weighted by atomic mass is 10.0. The van der Waals surface area contributed by atoms with Crippen molar-refractivity contribution in [2.75, 3.05) is 47.0 Å². The fourth-order valence-electron chi connectivity index (χ4n) is 4.99. The summed E-state index contributed by atoms with van der Waals surface area (Å²) < 4.78 is 11.1. The number of ether oxygens (including phenoxy) is 2. The van der Waals surface area contributed by atoms with Crippen LogP contribution >= 0.6 is 24.0 Å². The van der Waals surface area contributed by atoms with E-state index in [0.29, 0.717) is 6.10 Å². The molecule has 5 nitrogen and oxygen atoms in total. The Labute approximate surface area is 186 Å². The summed E-state index contributed by atoms with van der Waals surface area (Å²) in [4.78, 5) is 6.93. The van der Waals surface area contributed by atoms with E-state index in [9.17, 15) is 0 Å². The van der Waals surface area contributed by atoms with Gasteiger partial charge in [0.25, 0.3) is 0 Å². The highest BCUT2D eigenvalue weighted by atomic mass is 127. The first-order chi connectivity index (χ1) is 13.3. The van der Waals surface area contributed by atoms with Gasteiger partial charge in [-0.2, -0.15) is 0 Å². The van der Waals surface area contributed by atoms with Gasteiger partial charge in [0, 0.05) is 47.0 Å². The molecular weight excluding hydrogens is 465 g/mol. The Bertz CT molecular complexity index is 661. The largest absolute Gasteiger partial charge is 0.385 e. The number of aliphatic imine (C=N–C) groups is 1. The molecule has 1 aromatic carbocycles. The van der Waals surface area contributed by atoms with E-state index in [4.69, 9.17) is 9.47 Å². The van der Waals surface area contributed by atoms with Crippen molar-refractivity contribution < 1.29 is 9.47 Å². The second kappa shape index (κ2) is 10.3. The van der Waals surface area contributed by atoms with E-state index in [1.807, 2.05) is 7.05 Å². The first kappa shape index (κ1) is 21.8. The second-order valence-electron chi connectivity index (χ2n) is 8.09. The van der Waals surface area contributed by atoms with Gasteiger partial charge in [0.2, 0.25) is 0 Å². The summed E-state index contributed by atoms with van der Waals surface area (Å²) in [6, 6.07) is 8.98. The maximum Gasteiger partial charge on any atom is 0.193 e. The van der Waals surface area contributed by atoms with E-state index in [2.05, 4.69) is 39.5 Å². The van der Waals surface area contributed by atoms with Crippen molar-refractivity contribution in [3.05, 3.63) is 35.4 Å². The van der Waals surface area contributed by atoms with Crippen LogP contribution in [-0.4, -0.2) is 64.0 Å². The lowest BCUT2D eigenvalue weighted by Crippen LogP contribution is -2.47. The average Bonchev–Trinajstić information content (AvgIpc) is 3.24. The van der Waals surface area contributed by atoms with Crippen molar-refractivity contribution in [2.45, 2.75) is 37.7 Å². The summed E-state index contributed by atoms with van der Waals surface area (Å²) in [6.07, 6.45) is 4.78. The highest BCUT2D eigenvalue weighted by Crippen LogP contribution is 2.60. The Balaban J connectivity index is 0.00000225. The van der Waals surface area contributed by atoms with Gasteiger partial charge in [0.05, 0.1) is 6.10 Å². The minimum absolute atomic E-state index is 0. The van der Waals surface area contributed by atoms with E-state index in [0.717, 1.165) is 75.8 Å². The Morgan fingerprint density at radius 1 is 1.21 bits per heavy atom. The molecule has 6 heteroatoms. The number of hydrogen-bond acceptors (Lipinski definition) is 3. The zero-order valence-corrected chi connectivity index (χ0v) is 19.4. The Morgan fingerprint density at radius 2 is 2.00 bits per heavy atom. The number of nitrogens with zero attached hydrogens (tertiary/aromatic N) is 2. The molecule has 1 saturated heterocycles. The van der Waals surface area contributed by atoms with Gasteiger partial charge in [0.1, 0.15) is 0 Å². The quantitative estimate of drug-likeness (QED) is 0.271. The van der Waals surface area contributed by atoms with Crippen molar-refractivity contribution in [2.24, 2.45) is 16.8 Å². The normalized spacial score (nSPS) is 26.4. The number of nitrogens with one attached hydrogen (secondary N) is 1. The average molecular weight is 499 g/mol. The first-order valence-corrected chi connectivity index (χ1v) is 10.5. The predicted octanol–water partition coefficient (Wildman–Crippen LogP) is 3.28. The molecule has 0 aromatic heterocycles. The molecular formula is C22H34IN3O2. The zero-order chi connectivity index (χ0) is 18.6. The molecule has 2 aliphatic carbocycles. The molecule has 1 N–H and O–H groups in total. The first-order valence-electron chi connectivity index (χ1n) is 10.5. The van der Waals surface area contributed by atoms with E-state index < -0.39 is 0 Å². The van der Waals surface area contributed by atoms with Crippen molar-refractivity contribution >= 4 is 29.9 Å². The standard InChI is InChI=1S/C22H33N3O2.HI/c1-23-22(25-10-8-17(9-11-25)27-13-5-12-26-2)24-15-20-19-14-16-6-3-4-7-18(16)21(19)20;/h3-4,6-7,17,19-21H,5,8-15H2,1-2H3,(H,23,24);1H. The van der Waals surface area contributed by atoms with Crippen LogP contribution in [0.3, 0.4) is 0 Å². The predicted molar refractivity (Wildman–Crippen MR) is 124 cm³/mol. The minimum Gasteiger partial charge on any atom is -0.385 e. The van der Waals surface area contributed by atoms with E-state index in [-0.39, 0.29) is 24.0 Å². The number of piperidine rings is 1. The van der Waals surface area contributed by atoms with Crippen molar-refractivity contribution in [3.63, 3.8) is 0 Å². The summed E-state index contributed by atoms with van der Waals surface area (Å²) in [5.74, 6) is 3.46. The summed E-state index contributed by atoms with van der Waals surface area (Å²) in [7, 11) is 3.64. The van der Waals surface area contributed by atoms with E-state index in [1.165, 1.54) is 6.42 Å². The number of methoxy groups -OCH3 is 1. The number of hydrogen-bond donors (Lipinski definition) is 1. The van der Waals surface area contributed by atoms with Gasteiger partial charge in [-0.15, -0.1) is 24.0 Å². The fourth-order valence-corrected chi connectivity index (χ4v) is 4.99.